The van der Waals surface area contributed by atoms with Crippen LogP contribution in [0, 0.1) is 6.92 Å². The fourth-order valence-electron chi connectivity index (χ4n) is 4.00. The average Bonchev–Trinajstić information content (AvgIpc) is 3.16. The molecule has 0 radical (unpaired) electrons. The Labute approximate surface area is 158 Å². The van der Waals surface area contributed by atoms with Gasteiger partial charge < -0.3 is 4.90 Å². The van der Waals surface area contributed by atoms with Crippen LogP contribution in [0.2, 0.25) is 5.02 Å². The van der Waals surface area contributed by atoms with E-state index in [1.807, 2.05) is 0 Å². The Bertz CT molecular complexity index is 919. The highest BCUT2D eigenvalue weighted by Crippen LogP contribution is 2.37. The first-order valence-corrected chi connectivity index (χ1v) is 9.55. The van der Waals surface area contributed by atoms with Gasteiger partial charge >= 0.3 is 0 Å². The van der Waals surface area contributed by atoms with E-state index in [4.69, 9.17) is 11.6 Å². The van der Waals surface area contributed by atoms with Crippen molar-refractivity contribution >= 4 is 22.5 Å². The van der Waals surface area contributed by atoms with Crippen molar-refractivity contribution in [1.82, 2.24) is 15.1 Å². The van der Waals surface area contributed by atoms with Gasteiger partial charge in [-0.25, -0.2) is 4.39 Å². The normalized spacial score (nSPS) is 21.4. The SMILES string of the molecule is CCN1CC[C@@H](c2ccc(-c3cc(C)c4cn[nH]c4c3Cl)cc2)[C@H](F)C1. The van der Waals surface area contributed by atoms with Crippen molar-refractivity contribution in [3.8, 4) is 11.1 Å². The number of hydrogen-bond acceptors (Lipinski definition) is 2. The number of nitrogens with one attached hydrogen (secondary N) is 1. The molecule has 3 aromatic rings. The number of halogens is 2. The zero-order valence-corrected chi connectivity index (χ0v) is 15.9. The number of nitrogens with zero attached hydrogens (tertiary/aromatic N) is 2. The Hall–Kier alpha value is -1.91. The van der Waals surface area contributed by atoms with Gasteiger partial charge in [-0.1, -0.05) is 42.8 Å². The summed E-state index contributed by atoms with van der Waals surface area (Å²) in [5.41, 5.74) is 5.09. The van der Waals surface area contributed by atoms with Crippen LogP contribution in [-0.4, -0.2) is 40.9 Å². The smallest absolute Gasteiger partial charge is 0.120 e. The van der Waals surface area contributed by atoms with Crippen molar-refractivity contribution in [2.24, 2.45) is 0 Å². The first kappa shape index (κ1) is 17.5. The standard InChI is InChI=1S/C21H23ClFN3/c1-3-26-9-8-16(19(23)12-26)14-4-6-15(7-5-14)17-10-13(2)18-11-24-25-21(18)20(17)22/h4-7,10-11,16,19H,3,8-9,12H2,1-2H3,(H,24,25)/t16-,19+/m0/s1. The molecule has 2 aromatic carbocycles. The van der Waals surface area contributed by atoms with Crippen LogP contribution < -0.4 is 0 Å². The van der Waals surface area contributed by atoms with Crippen LogP contribution in [0.25, 0.3) is 22.0 Å². The van der Waals surface area contributed by atoms with E-state index in [9.17, 15) is 4.39 Å². The molecule has 2 atom stereocenters. The third-order valence-corrected chi connectivity index (χ3v) is 6.00. The summed E-state index contributed by atoms with van der Waals surface area (Å²) in [5.74, 6) is -0.0147. The first-order chi connectivity index (χ1) is 12.6. The van der Waals surface area contributed by atoms with Crippen LogP contribution in [0.4, 0.5) is 4.39 Å². The molecule has 136 valence electrons. The van der Waals surface area contributed by atoms with Gasteiger partial charge in [0.1, 0.15) is 6.17 Å². The third-order valence-electron chi connectivity index (χ3n) is 5.60. The minimum atomic E-state index is -0.804. The highest BCUT2D eigenvalue weighted by molar-refractivity contribution is 6.38. The molecule has 0 aliphatic carbocycles. The van der Waals surface area contributed by atoms with Crippen molar-refractivity contribution in [3.05, 3.63) is 52.7 Å². The molecule has 1 aromatic heterocycles. The summed E-state index contributed by atoms with van der Waals surface area (Å²) < 4.78 is 14.6. The van der Waals surface area contributed by atoms with E-state index in [1.54, 1.807) is 6.20 Å². The summed E-state index contributed by atoms with van der Waals surface area (Å²) in [6.07, 6.45) is 1.86. The second-order valence-corrected chi connectivity index (χ2v) is 7.52. The predicted molar refractivity (Wildman–Crippen MR) is 106 cm³/mol. The summed E-state index contributed by atoms with van der Waals surface area (Å²) in [7, 11) is 0. The zero-order valence-electron chi connectivity index (χ0n) is 15.1. The number of hydrogen-bond donors (Lipinski definition) is 1. The van der Waals surface area contributed by atoms with E-state index in [2.05, 4.69) is 59.3 Å². The van der Waals surface area contributed by atoms with E-state index < -0.39 is 6.17 Å². The number of aryl methyl sites for hydroxylation is 1. The average molecular weight is 372 g/mol. The van der Waals surface area contributed by atoms with Crippen molar-refractivity contribution in [2.45, 2.75) is 32.4 Å². The number of aromatic nitrogens is 2. The maximum absolute atomic E-state index is 14.6. The van der Waals surface area contributed by atoms with Crippen molar-refractivity contribution in [3.63, 3.8) is 0 Å². The minimum absolute atomic E-state index is 0.0147. The Kier molecular flexibility index (Phi) is 4.72. The van der Waals surface area contributed by atoms with Crippen LogP contribution in [0.1, 0.15) is 30.4 Å². The van der Waals surface area contributed by atoms with Crippen molar-refractivity contribution in [2.75, 3.05) is 19.6 Å². The number of H-pyrrole nitrogens is 1. The lowest BCUT2D eigenvalue weighted by Gasteiger charge is -2.34. The van der Waals surface area contributed by atoms with E-state index >= 15 is 0 Å². The van der Waals surface area contributed by atoms with Crippen molar-refractivity contribution < 1.29 is 4.39 Å². The largest absolute Gasteiger partial charge is 0.301 e. The molecule has 5 heteroatoms. The minimum Gasteiger partial charge on any atom is -0.301 e. The fraction of sp³-hybridized carbons (Fsp3) is 0.381. The Morgan fingerprint density at radius 2 is 2.08 bits per heavy atom. The molecule has 2 heterocycles. The van der Waals surface area contributed by atoms with Crippen LogP contribution in [0.15, 0.2) is 36.5 Å². The molecule has 0 spiro atoms. The monoisotopic (exact) mass is 371 g/mol. The summed E-state index contributed by atoms with van der Waals surface area (Å²) in [5, 5.41) is 8.80. The third kappa shape index (κ3) is 3.01. The highest BCUT2D eigenvalue weighted by Gasteiger charge is 2.29. The zero-order chi connectivity index (χ0) is 18.3. The van der Waals surface area contributed by atoms with Gasteiger partial charge in [0.05, 0.1) is 16.7 Å². The Morgan fingerprint density at radius 3 is 2.77 bits per heavy atom. The number of fused-ring (bicyclic) bond motifs is 1. The molecule has 26 heavy (non-hydrogen) atoms. The molecule has 1 aliphatic rings. The van der Waals surface area contributed by atoms with Crippen LogP contribution in [0.3, 0.4) is 0 Å². The van der Waals surface area contributed by atoms with E-state index in [-0.39, 0.29) is 5.92 Å². The molecule has 4 rings (SSSR count). The van der Waals surface area contributed by atoms with Crippen LogP contribution >= 0.6 is 11.6 Å². The maximum Gasteiger partial charge on any atom is 0.120 e. The first-order valence-electron chi connectivity index (χ1n) is 9.17. The summed E-state index contributed by atoms with van der Waals surface area (Å²) in [6, 6.07) is 10.3. The summed E-state index contributed by atoms with van der Waals surface area (Å²) >= 11 is 6.60. The van der Waals surface area contributed by atoms with Crippen LogP contribution in [0.5, 0.6) is 0 Å². The number of likely N-dealkylation sites (tertiary alicyclic amines) is 1. The molecular weight excluding hydrogens is 349 g/mol. The van der Waals surface area contributed by atoms with Gasteiger partial charge in [-0.15, -0.1) is 0 Å². The highest BCUT2D eigenvalue weighted by atomic mass is 35.5. The van der Waals surface area contributed by atoms with Gasteiger partial charge in [-0.05, 0) is 49.2 Å². The quantitative estimate of drug-likeness (QED) is 0.674. The molecule has 0 bridgehead atoms. The molecule has 1 aliphatic heterocycles. The lowest BCUT2D eigenvalue weighted by atomic mass is 9.87. The molecule has 1 N–H and O–H groups in total. The van der Waals surface area contributed by atoms with Gasteiger partial charge in [0.15, 0.2) is 0 Å². The van der Waals surface area contributed by atoms with E-state index in [0.29, 0.717) is 11.6 Å². The fourth-order valence-corrected chi connectivity index (χ4v) is 4.30. The number of piperidine rings is 1. The number of rotatable bonds is 3. The van der Waals surface area contributed by atoms with E-state index in [0.717, 1.165) is 52.7 Å². The Morgan fingerprint density at radius 1 is 1.31 bits per heavy atom. The number of benzene rings is 2. The summed E-state index contributed by atoms with van der Waals surface area (Å²) in [4.78, 5) is 2.18. The van der Waals surface area contributed by atoms with Gasteiger partial charge in [-0.3, -0.25) is 5.10 Å². The van der Waals surface area contributed by atoms with Gasteiger partial charge in [0.25, 0.3) is 0 Å². The lowest BCUT2D eigenvalue weighted by Crippen LogP contribution is -2.40. The van der Waals surface area contributed by atoms with Gasteiger partial charge in [-0.2, -0.15) is 5.10 Å². The molecule has 1 saturated heterocycles. The summed E-state index contributed by atoms with van der Waals surface area (Å²) in [6.45, 7) is 6.56. The lowest BCUT2D eigenvalue weighted by molar-refractivity contribution is 0.122. The second-order valence-electron chi connectivity index (χ2n) is 7.14. The molecule has 0 amide bonds. The predicted octanol–water partition coefficient (Wildman–Crippen LogP) is 5.34. The second kappa shape index (κ2) is 7.01. The van der Waals surface area contributed by atoms with E-state index in [1.165, 1.54) is 0 Å². The number of alkyl halides is 1. The van der Waals surface area contributed by atoms with Crippen LogP contribution in [-0.2, 0) is 0 Å². The molecule has 3 nitrogen and oxygen atoms in total. The number of aromatic amines is 1. The topological polar surface area (TPSA) is 31.9 Å². The molecule has 1 fully saturated rings. The van der Waals surface area contributed by atoms with Gasteiger partial charge in [0, 0.05) is 23.4 Å². The Balaban J connectivity index is 1.64. The molecule has 0 saturated carbocycles. The van der Waals surface area contributed by atoms with Crippen molar-refractivity contribution in [1.29, 1.82) is 0 Å². The maximum atomic E-state index is 14.6. The molecular formula is C21H23ClFN3. The van der Waals surface area contributed by atoms with Gasteiger partial charge in [0.2, 0.25) is 0 Å². The molecule has 0 unspecified atom stereocenters.